The fraction of sp³-hybridized carbons (Fsp3) is 0.520. The van der Waals surface area contributed by atoms with Gasteiger partial charge in [0.15, 0.2) is 23.7 Å². The molecule has 13 heteroatoms. The lowest BCUT2D eigenvalue weighted by atomic mass is 9.50. The standard InChI is InChI=1S/C25H27NO12/c1-26-7-6-24-19-11-2-3-12(27)20(19)38-21(24)14(4-5-25(24,35)16(26)8-11)37-23(34)13(28)9-18(31)36-15(22(32)33)10-17(29)30/h2-4,13,15-16,21,27-28,35H,5-10H2,1H3,(H,29,30)(H,32,33)/t13-,15-,16+,21-,24?,25+/m0/s1. The second-order valence-corrected chi connectivity index (χ2v) is 10.2. The molecule has 1 aromatic carbocycles. The lowest BCUT2D eigenvalue weighted by molar-refractivity contribution is -0.175. The number of likely N-dealkylation sites (N-methyl/N-ethyl adjacent to an activating group) is 1. The van der Waals surface area contributed by atoms with E-state index in [0.717, 1.165) is 5.56 Å². The largest absolute Gasteiger partial charge is 0.504 e. The van der Waals surface area contributed by atoms with Crippen molar-refractivity contribution in [3.05, 3.63) is 35.1 Å². The number of carbonyl (C=O) groups excluding carboxylic acids is 2. The smallest absolute Gasteiger partial charge is 0.345 e. The molecule has 5 rings (SSSR count). The number of phenols is 1. The van der Waals surface area contributed by atoms with E-state index in [0.29, 0.717) is 24.9 Å². The Morgan fingerprint density at radius 2 is 1.95 bits per heavy atom. The number of aliphatic carboxylic acids is 2. The average molecular weight is 533 g/mol. The Morgan fingerprint density at radius 3 is 2.63 bits per heavy atom. The minimum atomic E-state index is -2.05. The second kappa shape index (κ2) is 8.96. The Bertz CT molecular complexity index is 1260. The number of esters is 2. The van der Waals surface area contributed by atoms with Crippen molar-refractivity contribution in [2.75, 3.05) is 13.6 Å². The molecule has 1 aromatic rings. The first-order valence-electron chi connectivity index (χ1n) is 12.1. The summed E-state index contributed by atoms with van der Waals surface area (Å²) in [6.45, 7) is 0.609. The number of ether oxygens (including phenoxy) is 3. The normalized spacial score (nSPS) is 30.2. The molecular formula is C25H27NO12. The van der Waals surface area contributed by atoms with Crippen LogP contribution < -0.4 is 4.74 Å². The van der Waals surface area contributed by atoms with Gasteiger partial charge < -0.3 is 44.6 Å². The number of likely N-dealkylation sites (tertiary alicyclic amines) is 1. The molecule has 38 heavy (non-hydrogen) atoms. The van der Waals surface area contributed by atoms with Crippen molar-refractivity contribution < 1.29 is 58.9 Å². The summed E-state index contributed by atoms with van der Waals surface area (Å²) in [7, 11) is 1.92. The van der Waals surface area contributed by atoms with Gasteiger partial charge in [-0.15, -0.1) is 0 Å². The number of nitrogens with zero attached hydrogens (tertiary/aromatic N) is 1. The molecule has 0 aromatic heterocycles. The van der Waals surface area contributed by atoms with Gasteiger partial charge in [0.05, 0.1) is 23.9 Å². The topological polar surface area (TPSA) is 200 Å². The highest BCUT2D eigenvalue weighted by atomic mass is 16.6. The molecule has 2 aliphatic heterocycles. The minimum Gasteiger partial charge on any atom is -0.504 e. The van der Waals surface area contributed by atoms with Crippen LogP contribution >= 0.6 is 0 Å². The van der Waals surface area contributed by atoms with Crippen LogP contribution in [0.4, 0.5) is 0 Å². The maximum atomic E-state index is 12.7. The molecule has 1 fully saturated rings. The zero-order chi connectivity index (χ0) is 27.6. The van der Waals surface area contributed by atoms with Crippen LogP contribution in [0.3, 0.4) is 0 Å². The molecule has 6 atom stereocenters. The zero-order valence-corrected chi connectivity index (χ0v) is 20.3. The van der Waals surface area contributed by atoms with Crippen molar-refractivity contribution in [3.63, 3.8) is 0 Å². The fourth-order valence-electron chi connectivity index (χ4n) is 6.41. The highest BCUT2D eigenvalue weighted by Crippen LogP contribution is 2.65. The van der Waals surface area contributed by atoms with E-state index in [-0.39, 0.29) is 29.7 Å². The Morgan fingerprint density at radius 1 is 1.21 bits per heavy atom. The van der Waals surface area contributed by atoms with Crippen LogP contribution in [0.2, 0.25) is 0 Å². The number of carbonyl (C=O) groups is 4. The van der Waals surface area contributed by atoms with Crippen molar-refractivity contribution in [1.29, 1.82) is 0 Å². The number of phenolic OH excluding ortho intramolecular Hbond substituents is 1. The van der Waals surface area contributed by atoms with Crippen molar-refractivity contribution in [2.45, 2.75) is 67.5 Å². The quantitative estimate of drug-likeness (QED) is 0.266. The zero-order valence-electron chi connectivity index (χ0n) is 20.3. The predicted octanol–water partition coefficient (Wildman–Crippen LogP) is -0.565. The van der Waals surface area contributed by atoms with Gasteiger partial charge in [-0.25, -0.2) is 9.59 Å². The summed E-state index contributed by atoms with van der Waals surface area (Å²) in [4.78, 5) is 48.8. The van der Waals surface area contributed by atoms with Crippen LogP contribution in [-0.4, -0.2) is 97.9 Å². The first-order valence-corrected chi connectivity index (χ1v) is 12.1. The number of carboxylic acid groups (broad SMARTS) is 2. The fourth-order valence-corrected chi connectivity index (χ4v) is 6.41. The Labute approximate surface area is 215 Å². The lowest BCUT2D eigenvalue weighted by Crippen LogP contribution is -2.74. The Kier molecular flexibility index (Phi) is 6.12. The summed E-state index contributed by atoms with van der Waals surface area (Å²) in [5.74, 6) is -5.66. The van der Waals surface area contributed by atoms with Crippen LogP contribution in [0.5, 0.6) is 11.5 Å². The number of benzene rings is 1. The highest BCUT2D eigenvalue weighted by Gasteiger charge is 2.72. The molecule has 0 radical (unpaired) electrons. The van der Waals surface area contributed by atoms with Crippen molar-refractivity contribution in [2.24, 2.45) is 0 Å². The molecule has 1 unspecified atom stereocenters. The minimum absolute atomic E-state index is 0.00753. The number of piperidine rings is 1. The number of rotatable bonds is 8. The van der Waals surface area contributed by atoms with Gasteiger partial charge in [-0.1, -0.05) is 6.07 Å². The van der Waals surface area contributed by atoms with Crippen LogP contribution in [0, 0.1) is 0 Å². The van der Waals surface area contributed by atoms with E-state index in [2.05, 4.69) is 9.64 Å². The molecule has 4 aliphatic rings. The third-order valence-electron chi connectivity index (χ3n) is 8.11. The first-order chi connectivity index (χ1) is 17.9. The van der Waals surface area contributed by atoms with E-state index in [1.807, 2.05) is 7.05 Å². The molecular weight excluding hydrogens is 506 g/mol. The van der Waals surface area contributed by atoms with Crippen molar-refractivity contribution in [1.82, 2.24) is 4.90 Å². The van der Waals surface area contributed by atoms with Crippen molar-refractivity contribution in [3.8, 4) is 11.5 Å². The summed E-state index contributed by atoms with van der Waals surface area (Å²) in [6, 6.07) is 3.05. The molecule has 204 valence electrons. The van der Waals surface area contributed by atoms with Gasteiger partial charge in [0.1, 0.15) is 5.76 Å². The molecule has 2 aliphatic carbocycles. The van der Waals surface area contributed by atoms with E-state index >= 15 is 0 Å². The summed E-state index contributed by atoms with van der Waals surface area (Å²) < 4.78 is 16.2. The monoisotopic (exact) mass is 533 g/mol. The van der Waals surface area contributed by atoms with Crippen LogP contribution in [-0.2, 0) is 40.5 Å². The Balaban J connectivity index is 1.37. The SMILES string of the molecule is CN1CCC23c4c5ccc(O)c4O[C@H]2C(OC(=O)[C@@H](O)CC(=O)O[C@@H](CC(=O)O)C(=O)O)=CC[C@@]3(O)[C@H]1C5. The summed E-state index contributed by atoms with van der Waals surface area (Å²) in [5, 5.41) is 50.6. The second-order valence-electron chi connectivity index (χ2n) is 10.2. The summed E-state index contributed by atoms with van der Waals surface area (Å²) in [6.07, 6.45) is -4.42. The van der Waals surface area contributed by atoms with Crippen LogP contribution in [0.25, 0.3) is 0 Å². The van der Waals surface area contributed by atoms with E-state index in [9.17, 15) is 34.5 Å². The van der Waals surface area contributed by atoms with Gasteiger partial charge >= 0.3 is 23.9 Å². The van der Waals surface area contributed by atoms with E-state index < -0.39 is 66.0 Å². The maximum Gasteiger partial charge on any atom is 0.345 e. The third kappa shape index (κ3) is 3.72. The maximum absolute atomic E-state index is 12.7. The number of hydrogen-bond acceptors (Lipinski definition) is 11. The number of carboxylic acids is 2. The van der Waals surface area contributed by atoms with Gasteiger partial charge in [0, 0.05) is 18.0 Å². The molecule has 2 bridgehead atoms. The van der Waals surface area contributed by atoms with Gasteiger partial charge in [0.25, 0.3) is 0 Å². The number of hydrogen-bond donors (Lipinski definition) is 5. The highest BCUT2D eigenvalue weighted by molar-refractivity contribution is 5.85. The van der Waals surface area contributed by atoms with Gasteiger partial charge in [-0.05, 0) is 44.1 Å². The number of aliphatic hydroxyl groups excluding tert-OH is 1. The molecule has 2 heterocycles. The average Bonchev–Trinajstić information content (AvgIpc) is 3.20. The van der Waals surface area contributed by atoms with Gasteiger partial charge in [0.2, 0.25) is 6.10 Å². The van der Waals surface area contributed by atoms with E-state index in [4.69, 9.17) is 19.7 Å². The van der Waals surface area contributed by atoms with E-state index in [1.54, 1.807) is 6.07 Å². The van der Waals surface area contributed by atoms with Crippen LogP contribution in [0.15, 0.2) is 24.0 Å². The van der Waals surface area contributed by atoms with E-state index in [1.165, 1.54) is 12.1 Å². The molecule has 13 nitrogen and oxygen atoms in total. The lowest BCUT2D eigenvalue weighted by Gasteiger charge is -2.61. The first kappa shape index (κ1) is 25.9. The van der Waals surface area contributed by atoms with Gasteiger partial charge in [-0.2, -0.15) is 0 Å². The van der Waals surface area contributed by atoms with Gasteiger partial charge in [-0.3, -0.25) is 9.59 Å². The third-order valence-corrected chi connectivity index (χ3v) is 8.11. The molecule has 1 saturated heterocycles. The molecule has 1 spiro atoms. The number of aromatic hydroxyl groups is 1. The van der Waals surface area contributed by atoms with Crippen LogP contribution in [0.1, 0.15) is 36.8 Å². The Hall–Kier alpha value is -3.68. The molecule has 0 saturated carbocycles. The number of aliphatic hydroxyl groups is 2. The molecule has 0 amide bonds. The van der Waals surface area contributed by atoms with Crippen molar-refractivity contribution >= 4 is 23.9 Å². The summed E-state index contributed by atoms with van der Waals surface area (Å²) >= 11 is 0. The molecule has 5 N–H and O–H groups in total. The summed E-state index contributed by atoms with van der Waals surface area (Å²) in [5.41, 5.74) is -0.721. The predicted molar refractivity (Wildman–Crippen MR) is 123 cm³/mol.